The molecule has 0 saturated carbocycles. The number of ether oxygens (including phenoxy) is 1. The molecule has 0 spiro atoms. The minimum absolute atomic E-state index is 0.316. The Hall–Kier alpha value is -3.34. The Balaban J connectivity index is 1.84. The van der Waals surface area contributed by atoms with Crippen molar-refractivity contribution in [2.45, 2.75) is 26.9 Å². The molecule has 5 nitrogen and oxygen atoms in total. The van der Waals surface area contributed by atoms with Gasteiger partial charge < -0.3 is 14.5 Å². The predicted molar refractivity (Wildman–Crippen MR) is 103 cm³/mol. The molecule has 0 saturated heterocycles. The average molecular weight is 363 g/mol. The highest BCUT2D eigenvalue weighted by Crippen LogP contribution is 2.24. The molecule has 0 radical (unpaired) electrons. The van der Waals surface area contributed by atoms with E-state index in [0.29, 0.717) is 28.3 Å². The summed E-state index contributed by atoms with van der Waals surface area (Å²) in [5, 5.41) is 2.80. The molecule has 1 atom stereocenters. The molecular formula is C22H21NO4. The van der Waals surface area contributed by atoms with Crippen molar-refractivity contribution in [1.82, 2.24) is 0 Å². The van der Waals surface area contributed by atoms with E-state index in [1.165, 1.54) is 0 Å². The second-order valence-corrected chi connectivity index (χ2v) is 6.38. The van der Waals surface area contributed by atoms with Crippen molar-refractivity contribution in [3.63, 3.8) is 0 Å². The first-order chi connectivity index (χ1) is 12.9. The Morgan fingerprint density at radius 1 is 0.963 bits per heavy atom. The molecule has 1 amide bonds. The smallest absolute Gasteiger partial charge is 0.342 e. The molecular weight excluding hydrogens is 342 g/mol. The lowest BCUT2D eigenvalue weighted by Gasteiger charge is -2.18. The first-order valence-corrected chi connectivity index (χ1v) is 8.64. The van der Waals surface area contributed by atoms with Crippen molar-refractivity contribution in [2.75, 3.05) is 5.32 Å². The fraction of sp³-hybridized carbons (Fsp3) is 0.182. The molecule has 0 aliphatic heterocycles. The summed E-state index contributed by atoms with van der Waals surface area (Å²) in [6, 6.07) is 17.9. The molecule has 0 unspecified atom stereocenters. The zero-order chi connectivity index (χ0) is 19.4. The standard InChI is InChI=1S/C22H21NO4/c1-14-9-11-18(12-10-14)23-21(24)20(17-7-5-4-6-8-17)27-22(25)19-13-15(2)26-16(19)3/h4-13,20H,1-3H3,(H,23,24)/t20-/m0/s1. The monoisotopic (exact) mass is 363 g/mol. The predicted octanol–water partition coefficient (Wildman–Crippen LogP) is 4.74. The molecule has 0 aliphatic rings. The van der Waals surface area contributed by atoms with E-state index in [1.54, 1.807) is 56.3 Å². The van der Waals surface area contributed by atoms with Gasteiger partial charge in [-0.2, -0.15) is 0 Å². The van der Waals surface area contributed by atoms with E-state index in [4.69, 9.17) is 9.15 Å². The number of anilines is 1. The van der Waals surface area contributed by atoms with Gasteiger partial charge >= 0.3 is 5.97 Å². The SMILES string of the molecule is Cc1ccc(NC(=O)[C@@H](OC(=O)c2cc(C)oc2C)c2ccccc2)cc1. The van der Waals surface area contributed by atoms with E-state index >= 15 is 0 Å². The van der Waals surface area contributed by atoms with Gasteiger partial charge in [0.25, 0.3) is 5.91 Å². The summed E-state index contributed by atoms with van der Waals surface area (Å²) in [5.41, 5.74) is 2.63. The molecule has 0 aliphatic carbocycles. The van der Waals surface area contributed by atoms with Crippen LogP contribution in [0.4, 0.5) is 5.69 Å². The van der Waals surface area contributed by atoms with E-state index in [0.717, 1.165) is 5.56 Å². The zero-order valence-electron chi connectivity index (χ0n) is 15.5. The fourth-order valence-corrected chi connectivity index (χ4v) is 2.75. The minimum Gasteiger partial charge on any atom is -0.466 e. The van der Waals surface area contributed by atoms with Gasteiger partial charge in [-0.15, -0.1) is 0 Å². The highest BCUT2D eigenvalue weighted by Gasteiger charge is 2.27. The number of esters is 1. The Morgan fingerprint density at radius 2 is 1.63 bits per heavy atom. The van der Waals surface area contributed by atoms with Crippen LogP contribution < -0.4 is 5.32 Å². The maximum Gasteiger partial charge on any atom is 0.342 e. The van der Waals surface area contributed by atoms with Crippen LogP contribution in [0.5, 0.6) is 0 Å². The minimum atomic E-state index is -1.07. The molecule has 2 aromatic carbocycles. The molecule has 138 valence electrons. The number of hydrogen-bond acceptors (Lipinski definition) is 4. The zero-order valence-corrected chi connectivity index (χ0v) is 15.5. The van der Waals surface area contributed by atoms with Crippen LogP contribution in [0.1, 0.15) is 39.1 Å². The summed E-state index contributed by atoms with van der Waals surface area (Å²) < 4.78 is 11.0. The maximum atomic E-state index is 12.8. The number of hydrogen-bond donors (Lipinski definition) is 1. The van der Waals surface area contributed by atoms with Gasteiger partial charge in [0.1, 0.15) is 17.1 Å². The third kappa shape index (κ3) is 4.44. The number of carbonyl (C=O) groups is 2. The van der Waals surface area contributed by atoms with Crippen LogP contribution in [-0.4, -0.2) is 11.9 Å². The summed E-state index contributed by atoms with van der Waals surface area (Å²) in [6.07, 6.45) is -1.07. The second-order valence-electron chi connectivity index (χ2n) is 6.38. The Bertz CT molecular complexity index is 942. The molecule has 1 N–H and O–H groups in total. The van der Waals surface area contributed by atoms with Crippen LogP contribution >= 0.6 is 0 Å². The highest BCUT2D eigenvalue weighted by molar-refractivity contribution is 5.98. The average Bonchev–Trinajstić information content (AvgIpc) is 3.00. The summed E-state index contributed by atoms with van der Waals surface area (Å²) in [4.78, 5) is 25.4. The summed E-state index contributed by atoms with van der Waals surface area (Å²) in [5.74, 6) is 0.0524. The second kappa shape index (κ2) is 7.91. The number of benzene rings is 2. The highest BCUT2D eigenvalue weighted by atomic mass is 16.5. The van der Waals surface area contributed by atoms with Crippen LogP contribution in [0.15, 0.2) is 65.1 Å². The van der Waals surface area contributed by atoms with Gasteiger partial charge in [-0.25, -0.2) is 4.79 Å². The van der Waals surface area contributed by atoms with E-state index in [1.807, 2.05) is 25.1 Å². The molecule has 3 aromatic rings. The molecule has 3 rings (SSSR count). The first-order valence-electron chi connectivity index (χ1n) is 8.64. The lowest BCUT2D eigenvalue weighted by atomic mass is 10.1. The Kier molecular flexibility index (Phi) is 5.41. The molecule has 27 heavy (non-hydrogen) atoms. The van der Waals surface area contributed by atoms with Gasteiger partial charge in [0.05, 0.1) is 0 Å². The van der Waals surface area contributed by atoms with Crippen molar-refractivity contribution < 1.29 is 18.7 Å². The van der Waals surface area contributed by atoms with Crippen LogP contribution in [0, 0.1) is 20.8 Å². The van der Waals surface area contributed by atoms with Crippen molar-refractivity contribution in [1.29, 1.82) is 0 Å². The van der Waals surface area contributed by atoms with Crippen LogP contribution in [0.25, 0.3) is 0 Å². The molecule has 0 fully saturated rings. The van der Waals surface area contributed by atoms with Gasteiger partial charge in [0.2, 0.25) is 6.10 Å². The fourth-order valence-electron chi connectivity index (χ4n) is 2.75. The Morgan fingerprint density at radius 3 is 2.22 bits per heavy atom. The third-order valence-electron chi connectivity index (χ3n) is 4.15. The number of rotatable bonds is 5. The molecule has 0 bridgehead atoms. The quantitative estimate of drug-likeness (QED) is 0.665. The van der Waals surface area contributed by atoms with Crippen LogP contribution in [0.2, 0.25) is 0 Å². The van der Waals surface area contributed by atoms with Crippen molar-refractivity contribution >= 4 is 17.6 Å². The van der Waals surface area contributed by atoms with Crippen LogP contribution in [-0.2, 0) is 9.53 Å². The Labute approximate surface area is 158 Å². The summed E-state index contributed by atoms with van der Waals surface area (Å²) in [6.45, 7) is 5.41. The van der Waals surface area contributed by atoms with E-state index < -0.39 is 18.0 Å². The normalized spacial score (nSPS) is 11.7. The lowest BCUT2D eigenvalue weighted by Crippen LogP contribution is -2.26. The van der Waals surface area contributed by atoms with E-state index in [9.17, 15) is 9.59 Å². The lowest BCUT2D eigenvalue weighted by molar-refractivity contribution is -0.125. The van der Waals surface area contributed by atoms with Gasteiger partial charge in [0, 0.05) is 11.3 Å². The van der Waals surface area contributed by atoms with Crippen molar-refractivity contribution in [3.8, 4) is 0 Å². The first kappa shape index (κ1) is 18.5. The number of amides is 1. The largest absolute Gasteiger partial charge is 0.466 e. The van der Waals surface area contributed by atoms with Gasteiger partial charge in [-0.3, -0.25) is 4.79 Å². The summed E-state index contributed by atoms with van der Waals surface area (Å²) in [7, 11) is 0. The molecule has 1 heterocycles. The third-order valence-corrected chi connectivity index (χ3v) is 4.15. The summed E-state index contributed by atoms with van der Waals surface area (Å²) >= 11 is 0. The van der Waals surface area contributed by atoms with Gasteiger partial charge in [-0.05, 0) is 39.0 Å². The molecule has 1 aromatic heterocycles. The van der Waals surface area contributed by atoms with E-state index in [-0.39, 0.29) is 0 Å². The van der Waals surface area contributed by atoms with Gasteiger partial charge in [-0.1, -0.05) is 48.0 Å². The topological polar surface area (TPSA) is 68.5 Å². The number of aryl methyl sites for hydroxylation is 3. The van der Waals surface area contributed by atoms with Crippen LogP contribution in [0.3, 0.4) is 0 Å². The van der Waals surface area contributed by atoms with Crippen molar-refractivity contribution in [2.24, 2.45) is 0 Å². The van der Waals surface area contributed by atoms with Crippen molar-refractivity contribution in [3.05, 3.63) is 88.9 Å². The number of nitrogens with one attached hydrogen (secondary N) is 1. The molecule has 5 heteroatoms. The van der Waals surface area contributed by atoms with E-state index in [2.05, 4.69) is 5.32 Å². The number of furan rings is 1. The number of carbonyl (C=O) groups excluding carboxylic acids is 2. The van der Waals surface area contributed by atoms with Gasteiger partial charge in [0.15, 0.2) is 0 Å². The maximum absolute atomic E-state index is 12.8.